The Hall–Kier alpha value is -2.14. The quantitative estimate of drug-likeness (QED) is 0.882. The summed E-state index contributed by atoms with van der Waals surface area (Å²) >= 11 is 0. The molecule has 1 fully saturated rings. The first kappa shape index (κ1) is 15.3. The Morgan fingerprint density at radius 2 is 2.24 bits per heavy atom. The standard InChI is InChI=1S/C13H13FN2O4S/c14-10-1-2-12(9(5-10)6-15)16(7-13(17)18)11-3-4-21(19,20)8-11/h1-2,5,11H,3-4,7-8H2,(H,17,18). The third kappa shape index (κ3) is 3.49. The largest absolute Gasteiger partial charge is 0.480 e. The smallest absolute Gasteiger partial charge is 0.323 e. The van der Waals surface area contributed by atoms with Crippen molar-refractivity contribution in [2.24, 2.45) is 0 Å². The molecule has 1 aromatic rings. The van der Waals surface area contributed by atoms with Gasteiger partial charge in [-0.2, -0.15) is 5.26 Å². The van der Waals surface area contributed by atoms with Crippen molar-refractivity contribution in [1.29, 1.82) is 5.26 Å². The maximum absolute atomic E-state index is 13.2. The SMILES string of the molecule is N#Cc1cc(F)ccc1N(CC(=O)O)C1CCS(=O)(=O)C1. The normalized spacial score (nSPS) is 19.9. The molecule has 0 amide bonds. The number of anilines is 1. The third-order valence-electron chi connectivity index (χ3n) is 3.34. The van der Waals surface area contributed by atoms with Crippen molar-refractivity contribution in [3.8, 4) is 6.07 Å². The Morgan fingerprint density at radius 1 is 1.52 bits per heavy atom. The van der Waals surface area contributed by atoms with E-state index >= 15 is 0 Å². The molecular weight excluding hydrogens is 299 g/mol. The number of rotatable bonds is 4. The van der Waals surface area contributed by atoms with Gasteiger partial charge in [0.2, 0.25) is 0 Å². The minimum atomic E-state index is -3.20. The van der Waals surface area contributed by atoms with Gasteiger partial charge in [-0.3, -0.25) is 4.79 Å². The molecule has 1 saturated heterocycles. The van der Waals surface area contributed by atoms with Crippen molar-refractivity contribution in [3.05, 3.63) is 29.6 Å². The summed E-state index contributed by atoms with van der Waals surface area (Å²) in [7, 11) is -3.20. The molecule has 112 valence electrons. The summed E-state index contributed by atoms with van der Waals surface area (Å²) in [5, 5.41) is 18.1. The number of carboxylic acid groups (broad SMARTS) is 1. The zero-order chi connectivity index (χ0) is 15.6. The van der Waals surface area contributed by atoms with Gasteiger partial charge in [-0.05, 0) is 24.6 Å². The van der Waals surface area contributed by atoms with Gasteiger partial charge in [0.1, 0.15) is 18.4 Å². The summed E-state index contributed by atoms with van der Waals surface area (Å²) in [6, 6.07) is 4.72. The van der Waals surface area contributed by atoms with Gasteiger partial charge >= 0.3 is 5.97 Å². The van der Waals surface area contributed by atoms with Crippen LogP contribution < -0.4 is 4.90 Å². The van der Waals surface area contributed by atoms with E-state index in [1.165, 1.54) is 11.0 Å². The zero-order valence-electron chi connectivity index (χ0n) is 11.0. The number of sulfone groups is 1. The van der Waals surface area contributed by atoms with Gasteiger partial charge in [-0.1, -0.05) is 0 Å². The van der Waals surface area contributed by atoms with E-state index in [0.717, 1.165) is 12.1 Å². The van der Waals surface area contributed by atoms with Crippen molar-refractivity contribution >= 4 is 21.5 Å². The minimum absolute atomic E-state index is 0.0134. The summed E-state index contributed by atoms with van der Waals surface area (Å²) in [5.74, 6) is -1.93. The van der Waals surface area contributed by atoms with Gasteiger partial charge in [-0.15, -0.1) is 0 Å². The second-order valence-electron chi connectivity index (χ2n) is 4.85. The zero-order valence-corrected chi connectivity index (χ0v) is 11.8. The summed E-state index contributed by atoms with van der Waals surface area (Å²) in [6.07, 6.45) is 0.290. The lowest BCUT2D eigenvalue weighted by Gasteiger charge is -2.29. The van der Waals surface area contributed by atoms with Crippen LogP contribution in [0.3, 0.4) is 0 Å². The van der Waals surface area contributed by atoms with E-state index in [2.05, 4.69) is 0 Å². The Balaban J connectivity index is 2.42. The lowest BCUT2D eigenvalue weighted by molar-refractivity contribution is -0.135. The second kappa shape index (κ2) is 5.69. The molecule has 8 heteroatoms. The van der Waals surface area contributed by atoms with Gasteiger partial charge in [0, 0.05) is 6.04 Å². The number of halogens is 1. The maximum Gasteiger partial charge on any atom is 0.323 e. The van der Waals surface area contributed by atoms with Crippen LogP contribution in [0.25, 0.3) is 0 Å². The third-order valence-corrected chi connectivity index (χ3v) is 5.09. The van der Waals surface area contributed by atoms with Crippen molar-refractivity contribution in [2.75, 3.05) is 23.0 Å². The number of nitrogens with zero attached hydrogens (tertiary/aromatic N) is 2. The number of carboxylic acids is 1. The monoisotopic (exact) mass is 312 g/mol. The van der Waals surface area contributed by atoms with Crippen LogP contribution in [-0.2, 0) is 14.6 Å². The molecule has 2 rings (SSSR count). The fraction of sp³-hybridized carbons (Fsp3) is 0.385. The topological polar surface area (TPSA) is 98.5 Å². The molecule has 1 aromatic carbocycles. The molecule has 0 saturated carbocycles. The number of nitriles is 1. The second-order valence-corrected chi connectivity index (χ2v) is 7.08. The Morgan fingerprint density at radius 3 is 2.76 bits per heavy atom. The molecule has 1 heterocycles. The number of hydrogen-bond acceptors (Lipinski definition) is 5. The maximum atomic E-state index is 13.2. The lowest BCUT2D eigenvalue weighted by atomic mass is 10.1. The highest BCUT2D eigenvalue weighted by Gasteiger charge is 2.34. The van der Waals surface area contributed by atoms with Crippen molar-refractivity contribution in [2.45, 2.75) is 12.5 Å². The summed E-state index contributed by atoms with van der Waals surface area (Å²) in [5.41, 5.74) is 0.226. The first-order chi connectivity index (χ1) is 9.82. The summed E-state index contributed by atoms with van der Waals surface area (Å²) in [6.45, 7) is -0.444. The molecule has 21 heavy (non-hydrogen) atoms. The van der Waals surface area contributed by atoms with Gasteiger partial charge in [0.25, 0.3) is 0 Å². The first-order valence-corrected chi connectivity index (χ1v) is 8.03. The highest BCUT2D eigenvalue weighted by atomic mass is 32.2. The Kier molecular flexibility index (Phi) is 4.14. The van der Waals surface area contributed by atoms with E-state index in [0.29, 0.717) is 0 Å². The molecule has 1 aliphatic rings. The van der Waals surface area contributed by atoms with Crippen LogP contribution >= 0.6 is 0 Å². The molecule has 1 unspecified atom stereocenters. The van der Waals surface area contributed by atoms with E-state index in [4.69, 9.17) is 10.4 Å². The molecule has 1 atom stereocenters. The molecular formula is C13H13FN2O4S. The number of hydrogen-bond donors (Lipinski definition) is 1. The van der Waals surface area contributed by atoms with Crippen molar-refractivity contribution in [3.63, 3.8) is 0 Å². The van der Waals surface area contributed by atoms with Crippen molar-refractivity contribution < 1.29 is 22.7 Å². The average molecular weight is 312 g/mol. The Labute approximate surface area is 121 Å². The fourth-order valence-electron chi connectivity index (χ4n) is 2.43. The molecule has 0 aromatic heterocycles. The first-order valence-electron chi connectivity index (χ1n) is 6.21. The number of carbonyl (C=O) groups is 1. The molecule has 0 spiro atoms. The van der Waals surface area contributed by atoms with Gasteiger partial charge in [0.15, 0.2) is 9.84 Å². The number of benzene rings is 1. The van der Waals surface area contributed by atoms with Crippen LogP contribution in [0.15, 0.2) is 18.2 Å². The number of aliphatic carboxylic acids is 1. The van der Waals surface area contributed by atoms with E-state index < -0.39 is 34.2 Å². The Bertz CT molecular complexity index is 711. The van der Waals surface area contributed by atoms with Crippen LogP contribution in [0.1, 0.15) is 12.0 Å². The van der Waals surface area contributed by atoms with Crippen LogP contribution in [0, 0.1) is 17.1 Å². The van der Waals surface area contributed by atoms with Crippen LogP contribution in [-0.4, -0.2) is 43.6 Å². The van der Waals surface area contributed by atoms with Gasteiger partial charge in [-0.25, -0.2) is 12.8 Å². The van der Waals surface area contributed by atoms with Gasteiger partial charge in [0.05, 0.1) is 22.8 Å². The van der Waals surface area contributed by atoms with E-state index in [9.17, 15) is 17.6 Å². The van der Waals surface area contributed by atoms with E-state index in [-0.39, 0.29) is 29.2 Å². The summed E-state index contributed by atoms with van der Waals surface area (Å²) < 4.78 is 36.3. The van der Waals surface area contributed by atoms with Gasteiger partial charge < -0.3 is 10.0 Å². The van der Waals surface area contributed by atoms with Crippen molar-refractivity contribution in [1.82, 2.24) is 0 Å². The molecule has 1 N–H and O–H groups in total. The van der Waals surface area contributed by atoms with Crippen LogP contribution in [0.5, 0.6) is 0 Å². The fourth-order valence-corrected chi connectivity index (χ4v) is 4.16. The molecule has 1 aliphatic heterocycles. The molecule has 6 nitrogen and oxygen atoms in total. The van der Waals surface area contributed by atoms with E-state index in [1.807, 2.05) is 6.07 Å². The molecule has 0 bridgehead atoms. The highest BCUT2D eigenvalue weighted by Crippen LogP contribution is 2.27. The highest BCUT2D eigenvalue weighted by molar-refractivity contribution is 7.91. The predicted molar refractivity (Wildman–Crippen MR) is 73.2 cm³/mol. The van der Waals surface area contributed by atoms with Crippen LogP contribution in [0.2, 0.25) is 0 Å². The average Bonchev–Trinajstić information content (AvgIpc) is 2.76. The molecule has 0 aliphatic carbocycles. The predicted octanol–water partition coefficient (Wildman–Crippen LogP) is 0.775. The lowest BCUT2D eigenvalue weighted by Crippen LogP contribution is -2.40. The van der Waals surface area contributed by atoms with E-state index in [1.54, 1.807) is 0 Å². The molecule has 0 radical (unpaired) electrons. The van der Waals surface area contributed by atoms with Crippen LogP contribution in [0.4, 0.5) is 10.1 Å². The minimum Gasteiger partial charge on any atom is -0.480 e. The summed E-state index contributed by atoms with van der Waals surface area (Å²) in [4.78, 5) is 12.4.